The normalized spacial score (nSPS) is 34.3. The van der Waals surface area contributed by atoms with Crippen molar-refractivity contribution in [1.29, 1.82) is 0 Å². The van der Waals surface area contributed by atoms with E-state index in [2.05, 4.69) is 17.5 Å². The second-order valence-electron chi connectivity index (χ2n) is 7.06. The molecule has 2 fully saturated rings. The maximum Gasteiger partial charge on any atom is 0.246 e. The first-order valence-electron chi connectivity index (χ1n) is 8.67. The van der Waals surface area contributed by atoms with Crippen LogP contribution in [0.15, 0.2) is 23.8 Å². The quantitative estimate of drug-likeness (QED) is 0.474. The number of allylic oxidation sites excluding steroid dienone is 3. The van der Waals surface area contributed by atoms with E-state index in [0.717, 1.165) is 31.3 Å². The Morgan fingerprint density at radius 2 is 1.87 bits per heavy atom. The lowest BCUT2D eigenvalue weighted by Gasteiger charge is -2.17. The molecule has 5 heteroatoms. The van der Waals surface area contributed by atoms with E-state index >= 15 is 0 Å². The Balaban J connectivity index is 1.28. The number of carbonyl (C=O) groups excluding carboxylic acids is 3. The van der Waals surface area contributed by atoms with Crippen molar-refractivity contribution in [1.82, 2.24) is 10.2 Å². The summed E-state index contributed by atoms with van der Waals surface area (Å²) in [6.07, 6.45) is 10.7. The van der Waals surface area contributed by atoms with Crippen LogP contribution in [0.25, 0.3) is 0 Å². The molecule has 4 rings (SSSR count). The summed E-state index contributed by atoms with van der Waals surface area (Å²) in [5.41, 5.74) is 0.871. The van der Waals surface area contributed by atoms with Gasteiger partial charge in [0.1, 0.15) is 0 Å². The molecule has 0 radical (unpaired) electrons. The molecule has 4 atom stereocenters. The molecule has 1 saturated heterocycles. The van der Waals surface area contributed by atoms with Gasteiger partial charge in [-0.1, -0.05) is 18.2 Å². The molecule has 0 spiro atoms. The molecule has 3 amide bonds. The molecular formula is C18H22N2O3. The van der Waals surface area contributed by atoms with Crippen LogP contribution in [0.2, 0.25) is 0 Å². The second-order valence-corrected chi connectivity index (χ2v) is 7.06. The topological polar surface area (TPSA) is 66.5 Å². The van der Waals surface area contributed by atoms with Gasteiger partial charge in [0, 0.05) is 18.7 Å². The number of amides is 3. The fourth-order valence-corrected chi connectivity index (χ4v) is 4.61. The minimum atomic E-state index is -0.115. The predicted octanol–water partition coefficient (Wildman–Crippen LogP) is 1.41. The van der Waals surface area contributed by atoms with Crippen LogP contribution in [-0.2, 0) is 14.4 Å². The smallest absolute Gasteiger partial charge is 0.246 e. The zero-order chi connectivity index (χ0) is 16.0. The number of likely N-dealkylation sites (tertiary alicyclic amines) is 1. The van der Waals surface area contributed by atoms with Crippen molar-refractivity contribution in [3.8, 4) is 0 Å². The van der Waals surface area contributed by atoms with Crippen LogP contribution in [0.4, 0.5) is 0 Å². The lowest BCUT2D eigenvalue weighted by Crippen LogP contribution is -2.36. The number of nitrogens with zero attached hydrogens (tertiary/aromatic N) is 1. The maximum atomic E-state index is 12.5. The first kappa shape index (κ1) is 14.7. The SMILES string of the molecule is O=C(NCCCN1C(=O)[C@@H]2[C@@H](C1=O)[C@H]1C=C[C@H]2C1)C1=CCCC1. The molecule has 0 aromatic rings. The van der Waals surface area contributed by atoms with Crippen molar-refractivity contribution in [2.24, 2.45) is 23.7 Å². The fraction of sp³-hybridized carbons (Fsp3) is 0.611. The Morgan fingerprint density at radius 3 is 2.48 bits per heavy atom. The molecule has 0 aromatic heterocycles. The molecule has 1 N–H and O–H groups in total. The standard InChI is InChI=1S/C18H22N2O3/c21-16(11-4-1-2-5-11)19-8-3-9-20-17(22)14-12-6-7-13(10-12)15(14)18(20)23/h4,6-7,12-15H,1-3,5,8-10H2,(H,19,21)/t12-,13-,14-,15-/m0/s1. The summed E-state index contributed by atoms with van der Waals surface area (Å²) in [6, 6.07) is 0. The van der Waals surface area contributed by atoms with Gasteiger partial charge >= 0.3 is 0 Å². The van der Waals surface area contributed by atoms with Gasteiger partial charge in [-0.3, -0.25) is 19.3 Å². The maximum absolute atomic E-state index is 12.5. The van der Waals surface area contributed by atoms with E-state index in [-0.39, 0.29) is 41.4 Å². The van der Waals surface area contributed by atoms with Gasteiger partial charge in [0.25, 0.3) is 0 Å². The molecule has 3 aliphatic carbocycles. The number of imide groups is 1. The summed E-state index contributed by atoms with van der Waals surface area (Å²) >= 11 is 0. The summed E-state index contributed by atoms with van der Waals surface area (Å²) < 4.78 is 0. The van der Waals surface area contributed by atoms with Crippen molar-refractivity contribution in [2.45, 2.75) is 32.1 Å². The zero-order valence-electron chi connectivity index (χ0n) is 13.2. The summed E-state index contributed by atoms with van der Waals surface area (Å²) in [4.78, 5) is 38.3. The van der Waals surface area contributed by atoms with Crippen molar-refractivity contribution in [3.63, 3.8) is 0 Å². The van der Waals surface area contributed by atoms with Crippen LogP contribution in [0.3, 0.4) is 0 Å². The Bertz CT molecular complexity index is 592. The van der Waals surface area contributed by atoms with Gasteiger partial charge in [-0.25, -0.2) is 0 Å². The zero-order valence-corrected chi connectivity index (χ0v) is 13.2. The van der Waals surface area contributed by atoms with E-state index in [9.17, 15) is 14.4 Å². The summed E-state index contributed by atoms with van der Waals surface area (Å²) in [5, 5.41) is 2.89. The van der Waals surface area contributed by atoms with E-state index in [1.165, 1.54) is 4.90 Å². The van der Waals surface area contributed by atoms with Crippen LogP contribution in [0.1, 0.15) is 32.1 Å². The molecular weight excluding hydrogens is 292 g/mol. The number of nitrogens with one attached hydrogen (secondary N) is 1. The van der Waals surface area contributed by atoms with Crippen molar-refractivity contribution in [2.75, 3.05) is 13.1 Å². The molecule has 1 heterocycles. The van der Waals surface area contributed by atoms with Crippen LogP contribution in [0.5, 0.6) is 0 Å². The molecule has 23 heavy (non-hydrogen) atoms. The van der Waals surface area contributed by atoms with E-state index in [1.54, 1.807) is 0 Å². The highest BCUT2D eigenvalue weighted by atomic mass is 16.2. The number of hydrogen-bond acceptors (Lipinski definition) is 3. The van der Waals surface area contributed by atoms with Gasteiger partial charge in [-0.15, -0.1) is 0 Å². The van der Waals surface area contributed by atoms with Crippen LogP contribution in [0, 0.1) is 23.7 Å². The Morgan fingerprint density at radius 1 is 1.17 bits per heavy atom. The highest BCUT2D eigenvalue weighted by molar-refractivity contribution is 6.06. The molecule has 1 aliphatic heterocycles. The Kier molecular flexibility index (Phi) is 3.58. The van der Waals surface area contributed by atoms with Crippen LogP contribution < -0.4 is 5.32 Å². The van der Waals surface area contributed by atoms with Crippen LogP contribution in [-0.4, -0.2) is 35.7 Å². The first-order chi connectivity index (χ1) is 11.2. The first-order valence-corrected chi connectivity index (χ1v) is 8.67. The van der Waals surface area contributed by atoms with Gasteiger partial charge in [-0.05, 0) is 43.9 Å². The van der Waals surface area contributed by atoms with Crippen LogP contribution >= 0.6 is 0 Å². The number of fused-ring (bicyclic) bond motifs is 5. The van der Waals surface area contributed by atoms with Crippen molar-refractivity contribution >= 4 is 17.7 Å². The Labute approximate surface area is 135 Å². The molecule has 4 aliphatic rings. The summed E-state index contributed by atoms with van der Waals surface area (Å²) in [7, 11) is 0. The largest absolute Gasteiger partial charge is 0.352 e. The van der Waals surface area contributed by atoms with Gasteiger partial charge in [0.05, 0.1) is 11.8 Å². The monoisotopic (exact) mass is 314 g/mol. The lowest BCUT2D eigenvalue weighted by atomic mass is 9.85. The van der Waals surface area contributed by atoms with E-state index in [1.807, 2.05) is 6.08 Å². The second kappa shape index (κ2) is 5.62. The minimum absolute atomic E-state index is 0.000638. The van der Waals surface area contributed by atoms with Crippen molar-refractivity contribution in [3.05, 3.63) is 23.8 Å². The van der Waals surface area contributed by atoms with Gasteiger partial charge in [-0.2, -0.15) is 0 Å². The molecule has 5 nitrogen and oxygen atoms in total. The molecule has 1 saturated carbocycles. The number of rotatable bonds is 5. The minimum Gasteiger partial charge on any atom is -0.352 e. The van der Waals surface area contributed by atoms with Crippen molar-refractivity contribution < 1.29 is 14.4 Å². The highest BCUT2D eigenvalue weighted by Gasteiger charge is 2.58. The third-order valence-electron chi connectivity index (χ3n) is 5.74. The third-order valence-corrected chi connectivity index (χ3v) is 5.74. The molecule has 0 unspecified atom stereocenters. The van der Waals surface area contributed by atoms with Gasteiger partial charge in [0.2, 0.25) is 17.7 Å². The summed E-state index contributed by atoms with van der Waals surface area (Å²) in [5.74, 6) is 0.302. The molecule has 2 bridgehead atoms. The average Bonchev–Trinajstić information content (AvgIpc) is 3.30. The number of hydrogen-bond donors (Lipinski definition) is 1. The van der Waals surface area contributed by atoms with Gasteiger partial charge < -0.3 is 5.32 Å². The number of carbonyl (C=O) groups is 3. The average molecular weight is 314 g/mol. The lowest BCUT2D eigenvalue weighted by molar-refractivity contribution is -0.140. The fourth-order valence-electron chi connectivity index (χ4n) is 4.61. The summed E-state index contributed by atoms with van der Waals surface area (Å²) in [6.45, 7) is 0.928. The van der Waals surface area contributed by atoms with Gasteiger partial charge in [0.15, 0.2) is 0 Å². The van der Waals surface area contributed by atoms with E-state index in [0.29, 0.717) is 19.5 Å². The molecule has 122 valence electrons. The van der Waals surface area contributed by atoms with E-state index in [4.69, 9.17) is 0 Å². The Hall–Kier alpha value is -1.91. The highest BCUT2D eigenvalue weighted by Crippen LogP contribution is 2.52. The van der Waals surface area contributed by atoms with E-state index < -0.39 is 0 Å². The third kappa shape index (κ3) is 2.33. The molecule has 0 aromatic carbocycles. The predicted molar refractivity (Wildman–Crippen MR) is 84.0 cm³/mol.